The summed E-state index contributed by atoms with van der Waals surface area (Å²) in [6.45, 7) is -2.37. The van der Waals surface area contributed by atoms with Gasteiger partial charge in [-0.05, 0) is 70.8 Å². The summed E-state index contributed by atoms with van der Waals surface area (Å²) in [7, 11) is 0. The van der Waals surface area contributed by atoms with E-state index in [9.17, 15) is 0 Å². The smallest absolute Gasteiger partial charge is 0.106 e. The number of benzene rings is 5. The summed E-state index contributed by atoms with van der Waals surface area (Å²) in [6, 6.07) is 41.3. The summed E-state index contributed by atoms with van der Waals surface area (Å²) in [5.41, 5.74) is 7.55. The molecule has 0 atom stereocenters. The number of hydrogen-bond donors (Lipinski definition) is 0. The van der Waals surface area contributed by atoms with Gasteiger partial charge in [-0.25, -0.2) is 4.98 Å². The van der Waals surface area contributed by atoms with Crippen molar-refractivity contribution in [2.45, 2.75) is 6.85 Å². The molecular weight excluding hydrogens is 554 g/mol. The Bertz CT molecular complexity index is 2130. The van der Waals surface area contributed by atoms with Crippen LogP contribution in [0.5, 0.6) is 0 Å². The first kappa shape index (κ1) is 20.3. The predicted octanol–water partition coefficient (Wildman–Crippen LogP) is 10.0. The Morgan fingerprint density at radius 3 is 1.43 bits per heavy atom. The summed E-state index contributed by atoms with van der Waals surface area (Å²) in [6.07, 6.45) is 1.69. The van der Waals surface area contributed by atoms with Crippen molar-refractivity contribution in [1.82, 2.24) is 14.1 Å². The van der Waals surface area contributed by atoms with Gasteiger partial charge in [0.2, 0.25) is 0 Å². The van der Waals surface area contributed by atoms with Gasteiger partial charge < -0.3 is 9.13 Å². The highest BCUT2D eigenvalue weighted by atomic mass is 79.9. The highest BCUT2D eigenvalue weighted by Gasteiger charge is 2.22. The van der Waals surface area contributed by atoms with E-state index in [-0.39, 0.29) is 5.56 Å². The molecule has 3 heterocycles. The quantitative estimate of drug-likeness (QED) is 0.190. The normalized spacial score (nSPS) is 13.2. The van der Waals surface area contributed by atoms with Crippen LogP contribution in [0.15, 0.2) is 132 Å². The van der Waals surface area contributed by atoms with E-state index in [0.29, 0.717) is 10.2 Å². The van der Waals surface area contributed by atoms with E-state index in [1.165, 1.54) is 0 Å². The van der Waals surface area contributed by atoms with Crippen molar-refractivity contribution in [2.24, 2.45) is 0 Å². The Labute approximate surface area is 244 Å². The first-order valence-corrected chi connectivity index (χ1v) is 14.0. The molecule has 8 aromatic rings. The van der Waals surface area contributed by atoms with Crippen molar-refractivity contribution in [2.75, 3.05) is 0 Å². The fourth-order valence-corrected chi connectivity index (χ4v) is 6.50. The number of hydrogen-bond acceptors (Lipinski definition) is 1. The van der Waals surface area contributed by atoms with Crippen LogP contribution >= 0.6 is 15.9 Å². The van der Waals surface area contributed by atoms with Crippen molar-refractivity contribution in [3.8, 4) is 22.5 Å². The molecule has 0 aliphatic carbocycles. The van der Waals surface area contributed by atoms with Gasteiger partial charge in [0.05, 0.1) is 33.4 Å². The molecule has 0 saturated carbocycles. The van der Waals surface area contributed by atoms with Crippen LogP contribution < -0.4 is 0 Å². The Hall–Kier alpha value is -4.67. The molecule has 0 radical (unpaired) electrons. The molecule has 0 bridgehead atoms. The molecule has 0 saturated heterocycles. The zero-order valence-corrected chi connectivity index (χ0v) is 22.9. The van der Waals surface area contributed by atoms with Crippen LogP contribution in [0.1, 0.15) is 9.68 Å². The van der Waals surface area contributed by atoms with Crippen molar-refractivity contribution in [3.63, 3.8) is 0 Å². The van der Waals surface area contributed by atoms with E-state index in [1.807, 2.05) is 24.3 Å². The monoisotopic (exact) mass is 580 g/mol. The summed E-state index contributed by atoms with van der Waals surface area (Å²) < 4.78 is 30.6. The van der Waals surface area contributed by atoms with Crippen LogP contribution in [-0.2, 0) is 0 Å². The maximum Gasteiger partial charge on any atom is 0.106 e. The lowest BCUT2D eigenvalue weighted by Gasteiger charge is -2.21. The molecule has 40 heavy (non-hydrogen) atoms. The minimum absolute atomic E-state index is 0.240. The van der Waals surface area contributed by atoms with Gasteiger partial charge in [-0.3, -0.25) is 0 Å². The van der Waals surface area contributed by atoms with Crippen LogP contribution in [-0.4, -0.2) is 14.1 Å². The summed E-state index contributed by atoms with van der Waals surface area (Å²) in [4.78, 5) is 4.57. The van der Waals surface area contributed by atoms with Crippen molar-refractivity contribution in [1.29, 1.82) is 0 Å². The lowest BCUT2D eigenvalue weighted by Crippen LogP contribution is -2.04. The van der Waals surface area contributed by atoms with Gasteiger partial charge in [0, 0.05) is 43.0 Å². The Kier molecular flexibility index (Phi) is 4.53. The third kappa shape index (κ3) is 3.33. The Morgan fingerprint density at radius 1 is 0.575 bits per heavy atom. The topological polar surface area (TPSA) is 22.8 Å². The molecule has 0 aliphatic rings. The molecule has 0 fully saturated rings. The molecule has 3 aromatic heterocycles. The van der Waals surface area contributed by atoms with Crippen LogP contribution in [0.3, 0.4) is 0 Å². The third-order valence-corrected chi connectivity index (χ3v) is 8.24. The average molecular weight is 582 g/mol. The van der Waals surface area contributed by atoms with Crippen molar-refractivity contribution in [3.05, 3.63) is 138 Å². The number of aromatic nitrogens is 3. The predicted molar refractivity (Wildman–Crippen MR) is 171 cm³/mol. The number of fused-ring (bicyclic) bond motifs is 6. The molecule has 0 spiro atoms. The molecule has 190 valence electrons. The molecule has 3 nitrogen and oxygen atoms in total. The minimum Gasteiger partial charge on any atom is -0.309 e. The van der Waals surface area contributed by atoms with Gasteiger partial charge >= 0.3 is 0 Å². The average Bonchev–Trinajstić information content (AvgIpc) is 3.53. The van der Waals surface area contributed by atoms with E-state index in [2.05, 4.69) is 121 Å². The van der Waals surface area contributed by atoms with Crippen molar-refractivity contribution < 1.29 is 4.11 Å². The van der Waals surface area contributed by atoms with E-state index in [0.717, 1.165) is 60.5 Å². The molecule has 4 heteroatoms. The van der Waals surface area contributed by atoms with Gasteiger partial charge in [-0.1, -0.05) is 78.9 Å². The zero-order valence-electron chi connectivity index (χ0n) is 24.3. The SMILES string of the molecule is [2H]C([2H])([2H])c1cc(Br)ncc1-c1c(-n2c3ccccc3c3ccccc32)cccc1-n1c2ccccc2c2ccccc21. The van der Waals surface area contributed by atoms with Crippen LogP contribution in [0.4, 0.5) is 0 Å². The number of rotatable bonds is 3. The first-order chi connectivity index (χ1) is 20.9. The number of nitrogens with zero attached hydrogens (tertiary/aromatic N) is 3. The Balaban J connectivity index is 1.59. The fraction of sp³-hybridized carbons (Fsp3) is 0.0278. The minimum atomic E-state index is -2.37. The fourth-order valence-electron chi connectivity index (χ4n) is 6.17. The third-order valence-electron chi connectivity index (χ3n) is 7.80. The van der Waals surface area contributed by atoms with Crippen molar-refractivity contribution >= 4 is 59.5 Å². The summed E-state index contributed by atoms with van der Waals surface area (Å²) in [5, 5.41) is 4.54. The van der Waals surface area contributed by atoms with Gasteiger partial charge in [0.15, 0.2) is 0 Å². The molecule has 0 amide bonds. The van der Waals surface area contributed by atoms with Gasteiger partial charge in [-0.15, -0.1) is 0 Å². The zero-order chi connectivity index (χ0) is 29.3. The molecule has 0 unspecified atom stereocenters. The second-order valence-electron chi connectivity index (χ2n) is 9.96. The maximum absolute atomic E-state index is 8.55. The first-order valence-electron chi connectivity index (χ1n) is 14.7. The molecule has 0 N–H and O–H groups in total. The van der Waals surface area contributed by atoms with E-state index >= 15 is 0 Å². The van der Waals surface area contributed by atoms with E-state index in [4.69, 9.17) is 4.11 Å². The maximum atomic E-state index is 8.55. The van der Waals surface area contributed by atoms with Gasteiger partial charge in [0.1, 0.15) is 4.60 Å². The standard InChI is InChI=1S/C36H24BrN3/c1-23-21-35(37)38-22-28(23)36-33(39-29-15-6-2-11-24(29)25-12-3-7-16-30(25)39)19-10-20-34(36)40-31-17-8-4-13-26(31)27-14-5-9-18-32(27)40/h2-22H,1H3/i1D3. The number of halogens is 1. The highest BCUT2D eigenvalue weighted by Crippen LogP contribution is 2.42. The highest BCUT2D eigenvalue weighted by molar-refractivity contribution is 9.10. The lowest BCUT2D eigenvalue weighted by molar-refractivity contribution is 1.13. The molecule has 8 rings (SSSR count). The molecule has 5 aromatic carbocycles. The largest absolute Gasteiger partial charge is 0.309 e. The summed E-state index contributed by atoms with van der Waals surface area (Å²) in [5.74, 6) is 0. The number of pyridine rings is 1. The van der Waals surface area contributed by atoms with Gasteiger partial charge in [-0.2, -0.15) is 0 Å². The lowest BCUT2D eigenvalue weighted by atomic mass is 9.98. The van der Waals surface area contributed by atoms with Crippen LogP contribution in [0.25, 0.3) is 66.1 Å². The molecular formula is C36H24BrN3. The van der Waals surface area contributed by atoms with E-state index in [1.54, 1.807) is 12.3 Å². The number of para-hydroxylation sites is 4. The van der Waals surface area contributed by atoms with Crippen LogP contribution in [0.2, 0.25) is 0 Å². The Morgan fingerprint density at radius 2 is 1.00 bits per heavy atom. The van der Waals surface area contributed by atoms with Gasteiger partial charge in [0.25, 0.3) is 0 Å². The van der Waals surface area contributed by atoms with E-state index < -0.39 is 6.85 Å². The summed E-state index contributed by atoms with van der Waals surface area (Å²) >= 11 is 3.43. The number of aryl methyl sites for hydroxylation is 1. The molecule has 0 aliphatic heterocycles. The van der Waals surface area contributed by atoms with Crippen LogP contribution in [0, 0.1) is 6.85 Å². The second kappa shape index (κ2) is 8.94. The second-order valence-corrected chi connectivity index (χ2v) is 10.8.